The predicted molar refractivity (Wildman–Crippen MR) is 92.3 cm³/mol. The van der Waals surface area contributed by atoms with Crippen LogP contribution in [0.5, 0.6) is 0 Å². The van der Waals surface area contributed by atoms with Crippen LogP contribution in [-0.2, 0) is 6.54 Å². The van der Waals surface area contributed by atoms with Gasteiger partial charge < -0.3 is 10.2 Å². The number of hydrogen-bond acceptors (Lipinski definition) is 2. The first-order valence-electron chi connectivity index (χ1n) is 7.49. The first-order valence-corrected chi connectivity index (χ1v) is 7.49. The minimum absolute atomic E-state index is 0.150. The molecule has 2 nitrogen and oxygen atoms in total. The van der Waals surface area contributed by atoms with Gasteiger partial charge in [0.1, 0.15) is 0 Å². The summed E-state index contributed by atoms with van der Waals surface area (Å²) in [5, 5.41) is 3.51. The maximum atomic E-state index is 3.51. The van der Waals surface area contributed by atoms with Crippen molar-refractivity contribution in [2.24, 2.45) is 0 Å². The zero-order chi connectivity index (χ0) is 15.5. The quantitative estimate of drug-likeness (QED) is 0.878. The Labute approximate surface area is 128 Å². The van der Waals surface area contributed by atoms with Gasteiger partial charge in [0.05, 0.1) is 0 Å². The van der Waals surface area contributed by atoms with E-state index in [4.69, 9.17) is 0 Å². The summed E-state index contributed by atoms with van der Waals surface area (Å²) in [5.41, 5.74) is 5.17. The molecule has 0 aliphatic carbocycles. The maximum absolute atomic E-state index is 3.51. The molecule has 2 heteroatoms. The van der Waals surface area contributed by atoms with Crippen LogP contribution >= 0.6 is 0 Å². The summed E-state index contributed by atoms with van der Waals surface area (Å²) in [6.45, 7) is 9.57. The highest BCUT2D eigenvalue weighted by Crippen LogP contribution is 2.24. The van der Waals surface area contributed by atoms with Gasteiger partial charge in [-0.25, -0.2) is 0 Å². The summed E-state index contributed by atoms with van der Waals surface area (Å²) in [7, 11) is 2.10. The van der Waals surface area contributed by atoms with E-state index in [2.05, 4.69) is 93.5 Å². The molecular weight excluding hydrogens is 256 g/mol. The van der Waals surface area contributed by atoms with Crippen molar-refractivity contribution in [2.45, 2.75) is 39.8 Å². The van der Waals surface area contributed by atoms with Crippen LogP contribution in [0.15, 0.2) is 48.5 Å². The Morgan fingerprint density at radius 2 is 1.33 bits per heavy atom. The highest BCUT2D eigenvalue weighted by Gasteiger charge is 2.08. The Bertz CT molecular complexity index is 562. The highest BCUT2D eigenvalue weighted by molar-refractivity contribution is 5.62. The predicted octanol–water partition coefficient (Wildman–Crippen LogP) is 4.65. The summed E-state index contributed by atoms with van der Waals surface area (Å²) in [4.78, 5) is 2.21. The summed E-state index contributed by atoms with van der Waals surface area (Å²) < 4.78 is 0. The van der Waals surface area contributed by atoms with Gasteiger partial charge in [-0.05, 0) is 57.5 Å². The zero-order valence-electron chi connectivity index (χ0n) is 13.8. The van der Waals surface area contributed by atoms with Gasteiger partial charge in [0, 0.05) is 30.5 Å². The van der Waals surface area contributed by atoms with Gasteiger partial charge in [0.25, 0.3) is 0 Å². The van der Waals surface area contributed by atoms with Crippen molar-refractivity contribution in [2.75, 3.05) is 11.9 Å². The fourth-order valence-corrected chi connectivity index (χ4v) is 2.12. The Balaban J connectivity index is 2.06. The van der Waals surface area contributed by atoms with E-state index in [1.807, 2.05) is 0 Å². The van der Waals surface area contributed by atoms with Crippen LogP contribution in [0.25, 0.3) is 0 Å². The second-order valence-corrected chi connectivity index (χ2v) is 6.66. The smallest absolute Gasteiger partial charge is 0.0408 e. The third-order valence-corrected chi connectivity index (χ3v) is 3.57. The van der Waals surface area contributed by atoms with Crippen LogP contribution in [0.4, 0.5) is 11.4 Å². The molecule has 0 spiro atoms. The van der Waals surface area contributed by atoms with Crippen molar-refractivity contribution in [3.63, 3.8) is 0 Å². The first kappa shape index (κ1) is 15.6. The van der Waals surface area contributed by atoms with Gasteiger partial charge in [0.2, 0.25) is 0 Å². The number of rotatable bonds is 4. The number of hydrogen-bond donors (Lipinski definition) is 1. The van der Waals surface area contributed by atoms with Crippen molar-refractivity contribution in [3.05, 3.63) is 59.7 Å². The maximum Gasteiger partial charge on any atom is 0.0408 e. The van der Waals surface area contributed by atoms with Crippen LogP contribution < -0.4 is 10.2 Å². The fraction of sp³-hybridized carbons (Fsp3) is 0.368. The van der Waals surface area contributed by atoms with Crippen molar-refractivity contribution >= 4 is 11.4 Å². The molecule has 2 aromatic carbocycles. The van der Waals surface area contributed by atoms with Crippen molar-refractivity contribution < 1.29 is 0 Å². The van der Waals surface area contributed by atoms with Crippen LogP contribution in [0, 0.1) is 6.92 Å². The van der Waals surface area contributed by atoms with E-state index < -0.39 is 0 Å². The first-order chi connectivity index (χ1) is 9.85. The molecule has 21 heavy (non-hydrogen) atoms. The van der Waals surface area contributed by atoms with E-state index in [-0.39, 0.29) is 5.54 Å². The number of nitrogens with one attached hydrogen (secondary N) is 1. The Morgan fingerprint density at radius 3 is 1.81 bits per heavy atom. The topological polar surface area (TPSA) is 15.3 Å². The van der Waals surface area contributed by atoms with E-state index in [1.165, 1.54) is 22.5 Å². The average Bonchev–Trinajstić information content (AvgIpc) is 2.45. The molecule has 1 N–H and O–H groups in total. The third-order valence-electron chi connectivity index (χ3n) is 3.57. The lowest BCUT2D eigenvalue weighted by Gasteiger charge is -2.22. The molecule has 0 fully saturated rings. The molecule has 0 heterocycles. The normalized spacial score (nSPS) is 11.5. The minimum Gasteiger partial charge on any atom is -0.345 e. The molecule has 0 saturated heterocycles. The number of nitrogens with zero attached hydrogens (tertiary/aromatic N) is 1. The number of aryl methyl sites for hydroxylation is 1. The number of anilines is 2. The molecule has 0 aromatic heterocycles. The third kappa shape index (κ3) is 4.61. The zero-order valence-corrected chi connectivity index (χ0v) is 13.8. The van der Waals surface area contributed by atoms with Crippen LogP contribution in [-0.4, -0.2) is 12.6 Å². The van der Waals surface area contributed by atoms with Crippen LogP contribution in [0.1, 0.15) is 31.9 Å². The van der Waals surface area contributed by atoms with Gasteiger partial charge in [0.15, 0.2) is 0 Å². The largest absolute Gasteiger partial charge is 0.345 e. The van der Waals surface area contributed by atoms with E-state index >= 15 is 0 Å². The van der Waals surface area contributed by atoms with E-state index in [9.17, 15) is 0 Å². The van der Waals surface area contributed by atoms with Gasteiger partial charge in [-0.3, -0.25) is 0 Å². The Hall–Kier alpha value is -1.80. The molecule has 0 aliphatic heterocycles. The molecule has 2 rings (SSSR count). The Kier molecular flexibility index (Phi) is 4.69. The molecule has 2 aromatic rings. The second kappa shape index (κ2) is 6.31. The average molecular weight is 282 g/mol. The standard InChI is InChI=1S/C19H26N2/c1-15-6-10-17(11-7-15)21(5)18-12-8-16(9-13-18)14-20-19(2,3)4/h6-13,20H,14H2,1-5H3. The molecule has 0 unspecified atom stereocenters. The summed E-state index contributed by atoms with van der Waals surface area (Å²) in [6.07, 6.45) is 0. The Morgan fingerprint density at radius 1 is 0.857 bits per heavy atom. The lowest BCUT2D eigenvalue weighted by molar-refractivity contribution is 0.424. The SMILES string of the molecule is Cc1ccc(N(C)c2ccc(CNC(C)(C)C)cc2)cc1. The van der Waals surface area contributed by atoms with Gasteiger partial charge in [-0.2, -0.15) is 0 Å². The monoisotopic (exact) mass is 282 g/mol. The molecule has 0 aliphatic rings. The van der Waals surface area contributed by atoms with Gasteiger partial charge in [-0.1, -0.05) is 29.8 Å². The van der Waals surface area contributed by atoms with E-state index in [1.54, 1.807) is 0 Å². The molecule has 0 radical (unpaired) electrons. The summed E-state index contributed by atoms with van der Waals surface area (Å²) in [6, 6.07) is 17.4. The molecule has 0 saturated carbocycles. The second-order valence-electron chi connectivity index (χ2n) is 6.66. The molecule has 0 bridgehead atoms. The molecule has 112 valence electrons. The van der Waals surface area contributed by atoms with Crippen LogP contribution in [0.2, 0.25) is 0 Å². The van der Waals surface area contributed by atoms with E-state index in [0.29, 0.717) is 0 Å². The van der Waals surface area contributed by atoms with Crippen LogP contribution in [0.3, 0.4) is 0 Å². The van der Waals surface area contributed by atoms with Crippen molar-refractivity contribution in [1.82, 2.24) is 5.32 Å². The number of benzene rings is 2. The van der Waals surface area contributed by atoms with Crippen molar-refractivity contribution in [1.29, 1.82) is 0 Å². The molecule has 0 amide bonds. The molecular formula is C19H26N2. The lowest BCUT2D eigenvalue weighted by Crippen LogP contribution is -2.35. The van der Waals surface area contributed by atoms with E-state index in [0.717, 1.165) is 6.54 Å². The summed E-state index contributed by atoms with van der Waals surface area (Å²) >= 11 is 0. The van der Waals surface area contributed by atoms with Gasteiger partial charge >= 0.3 is 0 Å². The highest BCUT2D eigenvalue weighted by atomic mass is 15.1. The molecule has 0 atom stereocenters. The van der Waals surface area contributed by atoms with Gasteiger partial charge in [-0.15, -0.1) is 0 Å². The fourth-order valence-electron chi connectivity index (χ4n) is 2.12. The van der Waals surface area contributed by atoms with Crippen molar-refractivity contribution in [3.8, 4) is 0 Å². The minimum atomic E-state index is 0.150. The lowest BCUT2D eigenvalue weighted by atomic mass is 10.1. The summed E-state index contributed by atoms with van der Waals surface area (Å²) in [5.74, 6) is 0.